The molecule has 3 saturated heterocycles. The Kier molecular flexibility index (Phi) is 17.7. The summed E-state index contributed by atoms with van der Waals surface area (Å²) < 4.78 is 34.4. The number of halogens is 2. The SMILES string of the molecule is CC(=O)OC[C@H]1O[C@@H](Oc2n[nH]c(C(C)C)c2Cc2ccc(/C=C/CCN3CCC4(CCNCC4)C3)cc2C)[C@H](OC(C)=O)[C@@H](OC(C)=O)[C@@H]1OC(C)=O.Cl.Cl. The predicted molar refractivity (Wildman–Crippen MR) is 213 cm³/mol. The number of ether oxygens (including phenoxy) is 6. The van der Waals surface area contributed by atoms with Gasteiger partial charge < -0.3 is 38.6 Å². The first-order valence-corrected chi connectivity index (χ1v) is 19.0. The standard InChI is InChI=1S/C40H56N4O10.2ClH/c1-24(2)34-32(21-31-12-11-30(20-25(31)3)10-8-9-18-44-19-15-40(23-44)13-16-41-17-14-40)38(43-42-34)54-39-37(52-29(7)48)36(51-28(6)47)35(50-27(5)46)33(53-39)22-49-26(4)45;;/h8,10-12,20,24,33,35-37,39,41H,9,13-19,21-23H2,1-7H3,(H,42,43);2*1H/b10-8+;;/t33-,35-,36+,37-,39+;;/m1../s1. The van der Waals surface area contributed by atoms with Crippen molar-refractivity contribution in [3.8, 4) is 5.88 Å². The third-order valence-electron chi connectivity index (χ3n) is 10.5. The largest absolute Gasteiger partial charge is 0.463 e. The fourth-order valence-corrected chi connectivity index (χ4v) is 7.77. The molecule has 0 bridgehead atoms. The highest BCUT2D eigenvalue weighted by molar-refractivity contribution is 5.85. The molecule has 2 aromatic rings. The van der Waals surface area contributed by atoms with Crippen LogP contribution in [0.4, 0.5) is 0 Å². The van der Waals surface area contributed by atoms with Gasteiger partial charge in [-0.25, -0.2) is 0 Å². The normalized spacial score (nSPS) is 23.2. The molecule has 16 heteroatoms. The Labute approximate surface area is 341 Å². The van der Waals surface area contributed by atoms with Gasteiger partial charge >= 0.3 is 23.9 Å². The van der Waals surface area contributed by atoms with Crippen LogP contribution in [0, 0.1) is 12.3 Å². The number of nitrogens with zero attached hydrogens (tertiary/aromatic N) is 2. The zero-order chi connectivity index (χ0) is 39.0. The summed E-state index contributed by atoms with van der Waals surface area (Å²) in [6.45, 7) is 16.3. The van der Waals surface area contributed by atoms with Gasteiger partial charge in [0.25, 0.3) is 0 Å². The van der Waals surface area contributed by atoms with Gasteiger partial charge in [-0.2, -0.15) is 0 Å². The lowest BCUT2D eigenvalue weighted by molar-refractivity contribution is -0.289. The zero-order valence-corrected chi connectivity index (χ0v) is 35.1. The molecular weight excluding hydrogens is 767 g/mol. The first-order valence-electron chi connectivity index (χ1n) is 19.0. The van der Waals surface area contributed by atoms with E-state index in [9.17, 15) is 19.2 Å². The number of carbonyl (C=O) groups is 4. The fraction of sp³-hybridized carbons (Fsp3) is 0.625. The van der Waals surface area contributed by atoms with E-state index in [1.165, 1.54) is 60.0 Å². The third kappa shape index (κ3) is 12.4. The molecule has 56 heavy (non-hydrogen) atoms. The molecule has 3 fully saturated rings. The van der Waals surface area contributed by atoms with E-state index in [1.54, 1.807) is 0 Å². The van der Waals surface area contributed by atoms with Crippen molar-refractivity contribution >= 4 is 54.8 Å². The Balaban J connectivity index is 0.00000420. The van der Waals surface area contributed by atoms with Gasteiger partial charge in [0, 0.05) is 58.5 Å². The number of aromatic nitrogens is 2. The highest BCUT2D eigenvalue weighted by atomic mass is 35.5. The van der Waals surface area contributed by atoms with Gasteiger partial charge in [-0.3, -0.25) is 24.3 Å². The van der Waals surface area contributed by atoms with Crippen LogP contribution in [0.1, 0.15) is 101 Å². The van der Waals surface area contributed by atoms with E-state index in [0.717, 1.165) is 54.0 Å². The van der Waals surface area contributed by atoms with E-state index in [0.29, 0.717) is 11.8 Å². The highest BCUT2D eigenvalue weighted by Crippen LogP contribution is 2.39. The molecule has 0 aliphatic carbocycles. The molecule has 5 atom stereocenters. The molecule has 0 saturated carbocycles. The molecule has 14 nitrogen and oxygen atoms in total. The maximum atomic E-state index is 12.4. The van der Waals surface area contributed by atoms with Crippen LogP contribution in [-0.4, -0.2) is 109 Å². The quantitative estimate of drug-likeness (QED) is 0.188. The molecule has 1 spiro atoms. The molecule has 0 unspecified atom stereocenters. The molecule has 312 valence electrons. The van der Waals surface area contributed by atoms with Gasteiger partial charge in [0.05, 0.1) is 0 Å². The first kappa shape index (κ1) is 46.7. The number of benzene rings is 1. The van der Waals surface area contributed by atoms with Gasteiger partial charge in [-0.1, -0.05) is 44.2 Å². The number of aryl methyl sites for hydroxylation is 1. The van der Waals surface area contributed by atoms with Crippen LogP contribution in [-0.2, 0) is 49.3 Å². The molecule has 0 amide bonds. The number of H-pyrrole nitrogens is 1. The second kappa shape index (κ2) is 21.2. The van der Waals surface area contributed by atoms with Crippen LogP contribution >= 0.6 is 24.8 Å². The van der Waals surface area contributed by atoms with Crippen molar-refractivity contribution in [2.75, 3.05) is 39.3 Å². The van der Waals surface area contributed by atoms with Gasteiger partial charge in [-0.05, 0) is 80.3 Å². The fourth-order valence-electron chi connectivity index (χ4n) is 7.77. The second-order valence-corrected chi connectivity index (χ2v) is 15.1. The van der Waals surface area contributed by atoms with Crippen LogP contribution in [0.15, 0.2) is 24.3 Å². The second-order valence-electron chi connectivity index (χ2n) is 15.1. The molecule has 2 N–H and O–H groups in total. The number of hydrogen-bond acceptors (Lipinski definition) is 13. The summed E-state index contributed by atoms with van der Waals surface area (Å²) in [7, 11) is 0. The highest BCUT2D eigenvalue weighted by Gasteiger charge is 2.53. The molecule has 3 aliphatic rings. The van der Waals surface area contributed by atoms with E-state index in [-0.39, 0.29) is 43.2 Å². The van der Waals surface area contributed by atoms with Crippen molar-refractivity contribution in [2.24, 2.45) is 5.41 Å². The minimum atomic E-state index is -1.40. The molecule has 1 aromatic carbocycles. The van der Waals surface area contributed by atoms with Crippen LogP contribution in [0.25, 0.3) is 6.08 Å². The van der Waals surface area contributed by atoms with Gasteiger partial charge in [0.2, 0.25) is 18.3 Å². The zero-order valence-electron chi connectivity index (χ0n) is 33.4. The lowest BCUT2D eigenvalue weighted by Crippen LogP contribution is -2.63. The number of piperidine rings is 1. The van der Waals surface area contributed by atoms with Crippen molar-refractivity contribution in [1.82, 2.24) is 20.4 Å². The van der Waals surface area contributed by atoms with Crippen LogP contribution < -0.4 is 10.1 Å². The topological polar surface area (TPSA) is 168 Å². The van der Waals surface area contributed by atoms with Gasteiger partial charge in [-0.15, -0.1) is 29.9 Å². The summed E-state index contributed by atoms with van der Waals surface area (Å²) in [5.41, 5.74) is 5.40. The minimum absolute atomic E-state index is 0. The Morgan fingerprint density at radius 2 is 1.61 bits per heavy atom. The summed E-state index contributed by atoms with van der Waals surface area (Å²) in [5, 5.41) is 11.1. The van der Waals surface area contributed by atoms with E-state index < -0.39 is 54.6 Å². The molecule has 3 aliphatic heterocycles. The number of esters is 4. The molecular formula is C40H58Cl2N4O10. The van der Waals surface area contributed by atoms with Crippen LogP contribution in [0.2, 0.25) is 0 Å². The molecule has 1 aromatic heterocycles. The summed E-state index contributed by atoms with van der Waals surface area (Å²) in [5.74, 6) is -2.53. The maximum absolute atomic E-state index is 12.4. The Morgan fingerprint density at radius 3 is 2.23 bits per heavy atom. The van der Waals surface area contributed by atoms with Gasteiger partial charge in [0.15, 0.2) is 12.2 Å². The number of rotatable bonds is 14. The van der Waals surface area contributed by atoms with Crippen molar-refractivity contribution in [3.05, 3.63) is 52.2 Å². The number of carbonyl (C=O) groups excluding carboxylic acids is 4. The Morgan fingerprint density at radius 1 is 0.946 bits per heavy atom. The maximum Gasteiger partial charge on any atom is 0.303 e. The molecule has 4 heterocycles. The van der Waals surface area contributed by atoms with E-state index >= 15 is 0 Å². The van der Waals surface area contributed by atoms with Gasteiger partial charge in [0.1, 0.15) is 12.7 Å². The van der Waals surface area contributed by atoms with Crippen molar-refractivity contribution in [3.63, 3.8) is 0 Å². The van der Waals surface area contributed by atoms with Crippen LogP contribution in [0.5, 0.6) is 5.88 Å². The lowest BCUT2D eigenvalue weighted by atomic mass is 9.78. The Hall–Kier alpha value is -3.69. The molecule has 0 radical (unpaired) electrons. The number of likely N-dealkylation sites (tertiary alicyclic amines) is 1. The first-order chi connectivity index (χ1) is 25.7. The summed E-state index contributed by atoms with van der Waals surface area (Å²) in [4.78, 5) is 51.2. The summed E-state index contributed by atoms with van der Waals surface area (Å²) in [6, 6.07) is 6.38. The summed E-state index contributed by atoms with van der Waals surface area (Å²) in [6.07, 6.45) is 3.23. The average Bonchev–Trinajstić information content (AvgIpc) is 3.69. The van der Waals surface area contributed by atoms with Crippen molar-refractivity contribution < 1.29 is 47.6 Å². The Bertz CT molecular complexity index is 1680. The number of hydrogen-bond donors (Lipinski definition) is 2. The van der Waals surface area contributed by atoms with E-state index in [2.05, 4.69) is 57.7 Å². The minimum Gasteiger partial charge on any atom is -0.463 e. The van der Waals surface area contributed by atoms with Crippen molar-refractivity contribution in [2.45, 2.75) is 117 Å². The average molecular weight is 826 g/mol. The third-order valence-corrected chi connectivity index (χ3v) is 10.5. The van der Waals surface area contributed by atoms with Crippen molar-refractivity contribution in [1.29, 1.82) is 0 Å². The summed E-state index contributed by atoms with van der Waals surface area (Å²) >= 11 is 0. The van der Waals surface area contributed by atoms with E-state index in [4.69, 9.17) is 28.4 Å². The lowest BCUT2D eigenvalue weighted by Gasteiger charge is -2.43. The number of nitrogens with one attached hydrogen (secondary N) is 2. The number of aromatic amines is 1. The smallest absolute Gasteiger partial charge is 0.303 e. The monoisotopic (exact) mass is 824 g/mol. The predicted octanol–water partition coefficient (Wildman–Crippen LogP) is 5.22. The van der Waals surface area contributed by atoms with Crippen LogP contribution in [0.3, 0.4) is 0 Å². The molecule has 5 rings (SSSR count). The van der Waals surface area contributed by atoms with E-state index in [1.807, 2.05) is 13.8 Å².